The summed E-state index contributed by atoms with van der Waals surface area (Å²) in [6, 6.07) is 17.8. The molecule has 2 heterocycles. The quantitative estimate of drug-likeness (QED) is 0.443. The first-order valence-electron chi connectivity index (χ1n) is 8.67. The standard InChI is InChI=1S/C22H17ClN2OS2/c1-14-3-5-15(6-4-14)16-11-19(27-13-16)12-20-21(26)25(2)22(28-20)24-18-9-7-17(23)8-10-18/h3-13H,1-2H3. The van der Waals surface area contributed by atoms with Crippen molar-refractivity contribution in [3.8, 4) is 11.1 Å². The molecule has 0 bridgehead atoms. The van der Waals surface area contributed by atoms with Gasteiger partial charge in [-0.05, 0) is 71.6 Å². The lowest BCUT2D eigenvalue weighted by Gasteiger charge is -2.06. The van der Waals surface area contributed by atoms with E-state index in [1.54, 1.807) is 35.4 Å². The molecular weight excluding hydrogens is 408 g/mol. The van der Waals surface area contributed by atoms with Crippen molar-refractivity contribution in [3.63, 3.8) is 0 Å². The minimum atomic E-state index is -0.0389. The van der Waals surface area contributed by atoms with Crippen LogP contribution in [-0.2, 0) is 4.79 Å². The van der Waals surface area contributed by atoms with Gasteiger partial charge in [0.15, 0.2) is 5.17 Å². The topological polar surface area (TPSA) is 32.7 Å². The lowest BCUT2D eigenvalue weighted by atomic mass is 10.1. The number of hydrogen-bond acceptors (Lipinski definition) is 4. The molecule has 1 aromatic heterocycles. The predicted molar refractivity (Wildman–Crippen MR) is 121 cm³/mol. The van der Waals surface area contributed by atoms with Crippen LogP contribution in [0.2, 0.25) is 5.02 Å². The zero-order valence-corrected chi connectivity index (χ0v) is 17.7. The number of aryl methyl sites for hydroxylation is 1. The van der Waals surface area contributed by atoms with Gasteiger partial charge in [0.2, 0.25) is 0 Å². The largest absolute Gasteiger partial charge is 0.290 e. The highest BCUT2D eigenvalue weighted by atomic mass is 35.5. The van der Waals surface area contributed by atoms with E-state index >= 15 is 0 Å². The van der Waals surface area contributed by atoms with Crippen molar-refractivity contribution in [2.75, 3.05) is 7.05 Å². The number of likely N-dealkylation sites (N-methyl/N-ethyl adjacent to an activating group) is 1. The first kappa shape index (κ1) is 19.0. The molecule has 0 unspecified atom stereocenters. The second-order valence-electron chi connectivity index (χ2n) is 6.45. The number of aliphatic imine (C=N–C) groups is 1. The number of rotatable bonds is 3. The number of benzene rings is 2. The molecule has 140 valence electrons. The summed E-state index contributed by atoms with van der Waals surface area (Å²) in [6.45, 7) is 2.08. The zero-order valence-electron chi connectivity index (χ0n) is 15.3. The molecule has 3 aromatic rings. The number of hydrogen-bond donors (Lipinski definition) is 0. The Hall–Kier alpha value is -2.34. The first-order chi connectivity index (χ1) is 13.5. The van der Waals surface area contributed by atoms with E-state index in [0.29, 0.717) is 15.1 Å². The molecule has 2 aromatic carbocycles. The lowest BCUT2D eigenvalue weighted by Crippen LogP contribution is -2.23. The van der Waals surface area contributed by atoms with Gasteiger partial charge in [-0.3, -0.25) is 9.69 Å². The molecule has 0 spiro atoms. The molecule has 0 aliphatic carbocycles. The smallest absolute Gasteiger partial charge is 0.266 e. The van der Waals surface area contributed by atoms with Crippen LogP contribution in [0.15, 0.2) is 69.9 Å². The van der Waals surface area contributed by atoms with Crippen molar-refractivity contribution in [2.45, 2.75) is 6.92 Å². The fourth-order valence-corrected chi connectivity index (χ4v) is 4.76. The molecule has 1 fully saturated rings. The molecule has 3 nitrogen and oxygen atoms in total. The van der Waals surface area contributed by atoms with Gasteiger partial charge in [-0.15, -0.1) is 11.3 Å². The molecule has 1 saturated heterocycles. The Kier molecular flexibility index (Phi) is 5.40. The molecule has 0 saturated carbocycles. The number of amides is 1. The average Bonchev–Trinajstić information content (AvgIpc) is 3.25. The van der Waals surface area contributed by atoms with E-state index in [9.17, 15) is 4.79 Å². The summed E-state index contributed by atoms with van der Waals surface area (Å²) in [5.41, 5.74) is 4.35. The molecule has 0 atom stereocenters. The van der Waals surface area contributed by atoms with Crippen molar-refractivity contribution in [1.29, 1.82) is 0 Å². The van der Waals surface area contributed by atoms with Crippen LogP contribution in [0.5, 0.6) is 0 Å². The number of nitrogens with zero attached hydrogens (tertiary/aromatic N) is 2. The van der Waals surface area contributed by atoms with Crippen LogP contribution < -0.4 is 0 Å². The molecule has 1 amide bonds. The summed E-state index contributed by atoms with van der Waals surface area (Å²) in [6.07, 6.45) is 1.94. The number of thioether (sulfide) groups is 1. The van der Waals surface area contributed by atoms with Crippen LogP contribution in [0.1, 0.15) is 10.4 Å². The third kappa shape index (κ3) is 4.07. The molecule has 0 N–H and O–H groups in total. The van der Waals surface area contributed by atoms with Crippen LogP contribution in [-0.4, -0.2) is 23.0 Å². The van der Waals surface area contributed by atoms with E-state index < -0.39 is 0 Å². The van der Waals surface area contributed by atoms with Crippen LogP contribution in [0.4, 0.5) is 5.69 Å². The van der Waals surface area contributed by atoms with Crippen molar-refractivity contribution in [3.05, 3.63) is 80.3 Å². The molecular formula is C22H17ClN2OS2. The number of halogens is 1. The van der Waals surface area contributed by atoms with Crippen molar-refractivity contribution >= 4 is 57.5 Å². The van der Waals surface area contributed by atoms with E-state index in [0.717, 1.165) is 16.1 Å². The minimum Gasteiger partial charge on any atom is -0.290 e. The van der Waals surface area contributed by atoms with Crippen LogP contribution >= 0.6 is 34.7 Å². The third-order valence-electron chi connectivity index (χ3n) is 4.33. The average molecular weight is 425 g/mol. The van der Waals surface area contributed by atoms with Crippen molar-refractivity contribution in [1.82, 2.24) is 4.90 Å². The van der Waals surface area contributed by atoms with Gasteiger partial charge in [0.1, 0.15) is 0 Å². The Balaban J connectivity index is 1.57. The molecule has 1 aliphatic rings. The van der Waals surface area contributed by atoms with Gasteiger partial charge in [0.25, 0.3) is 5.91 Å². The highest BCUT2D eigenvalue weighted by Gasteiger charge is 2.30. The summed E-state index contributed by atoms with van der Waals surface area (Å²) < 4.78 is 0. The number of carbonyl (C=O) groups is 1. The zero-order chi connectivity index (χ0) is 19.7. The van der Waals surface area contributed by atoms with E-state index in [1.165, 1.54) is 22.9 Å². The van der Waals surface area contributed by atoms with Crippen LogP contribution in [0.25, 0.3) is 17.2 Å². The van der Waals surface area contributed by atoms with Crippen molar-refractivity contribution < 1.29 is 4.79 Å². The summed E-state index contributed by atoms with van der Waals surface area (Å²) in [5, 5.41) is 3.44. The maximum Gasteiger partial charge on any atom is 0.266 e. The molecule has 6 heteroatoms. The first-order valence-corrected chi connectivity index (χ1v) is 10.7. The maximum absolute atomic E-state index is 12.6. The van der Waals surface area contributed by atoms with Crippen molar-refractivity contribution in [2.24, 2.45) is 4.99 Å². The Morgan fingerprint density at radius 1 is 1.04 bits per heavy atom. The molecule has 4 rings (SSSR count). The molecule has 1 aliphatic heterocycles. The van der Waals surface area contributed by atoms with Gasteiger partial charge < -0.3 is 0 Å². The Labute approximate surface area is 177 Å². The van der Waals surface area contributed by atoms with Gasteiger partial charge in [0, 0.05) is 16.9 Å². The minimum absolute atomic E-state index is 0.0389. The predicted octanol–water partition coefficient (Wildman–Crippen LogP) is 6.61. The normalized spacial score (nSPS) is 17.1. The fraction of sp³-hybridized carbons (Fsp3) is 0.0909. The van der Waals surface area contributed by atoms with E-state index in [1.807, 2.05) is 18.2 Å². The Morgan fingerprint density at radius 2 is 1.75 bits per heavy atom. The monoisotopic (exact) mass is 424 g/mol. The van der Waals surface area contributed by atoms with Crippen LogP contribution in [0, 0.1) is 6.92 Å². The lowest BCUT2D eigenvalue weighted by molar-refractivity contribution is -0.121. The molecule has 0 radical (unpaired) electrons. The fourth-order valence-electron chi connectivity index (χ4n) is 2.73. The van der Waals surface area contributed by atoms with E-state index in [4.69, 9.17) is 11.6 Å². The third-order valence-corrected chi connectivity index (χ3v) is 6.52. The van der Waals surface area contributed by atoms with E-state index in [2.05, 4.69) is 47.6 Å². The van der Waals surface area contributed by atoms with Gasteiger partial charge in [-0.2, -0.15) is 0 Å². The highest BCUT2D eigenvalue weighted by molar-refractivity contribution is 8.18. The SMILES string of the molecule is Cc1ccc(-c2csc(C=C3SC(=Nc4ccc(Cl)cc4)N(C)C3=O)c2)cc1. The number of amidine groups is 1. The summed E-state index contributed by atoms with van der Waals surface area (Å²) >= 11 is 8.94. The molecule has 28 heavy (non-hydrogen) atoms. The van der Waals surface area contributed by atoms with E-state index in [-0.39, 0.29) is 5.91 Å². The second kappa shape index (κ2) is 7.95. The second-order valence-corrected chi connectivity index (χ2v) is 8.84. The van der Waals surface area contributed by atoms with Gasteiger partial charge in [-0.25, -0.2) is 4.99 Å². The number of thiophene rings is 1. The van der Waals surface area contributed by atoms with Crippen LogP contribution in [0.3, 0.4) is 0 Å². The maximum atomic E-state index is 12.6. The van der Waals surface area contributed by atoms with Gasteiger partial charge in [0.05, 0.1) is 10.6 Å². The summed E-state index contributed by atoms with van der Waals surface area (Å²) in [4.78, 5) is 20.5. The Morgan fingerprint density at radius 3 is 2.46 bits per heavy atom. The van der Waals surface area contributed by atoms with Gasteiger partial charge >= 0.3 is 0 Å². The summed E-state index contributed by atoms with van der Waals surface area (Å²) in [7, 11) is 1.75. The van der Waals surface area contributed by atoms with Gasteiger partial charge in [-0.1, -0.05) is 41.4 Å². The summed E-state index contributed by atoms with van der Waals surface area (Å²) in [5.74, 6) is -0.0389. The number of carbonyl (C=O) groups excluding carboxylic acids is 1. The highest BCUT2D eigenvalue weighted by Crippen LogP contribution is 2.35. The Bertz CT molecular complexity index is 1080.